The minimum Gasteiger partial charge on any atom is -0.381 e. The number of carbonyl (C=O) groups excluding carboxylic acids is 1. The number of nitrogens with one attached hydrogen (secondary N) is 1. The van der Waals surface area contributed by atoms with Crippen molar-refractivity contribution in [2.24, 2.45) is 5.92 Å². The van der Waals surface area contributed by atoms with Crippen molar-refractivity contribution in [1.82, 2.24) is 10.2 Å². The molecule has 0 unspecified atom stereocenters. The zero-order valence-corrected chi connectivity index (χ0v) is 15.4. The maximum atomic E-state index is 12.6. The molecule has 2 saturated heterocycles. The van der Waals surface area contributed by atoms with Crippen LogP contribution in [0.1, 0.15) is 42.1 Å². The molecular formula is C20H30N2O3. The smallest absolute Gasteiger partial charge is 0.251 e. The molecule has 0 spiro atoms. The van der Waals surface area contributed by atoms with Crippen LogP contribution in [0.2, 0.25) is 0 Å². The number of hydrogen-bond donors (Lipinski definition) is 1. The molecule has 1 amide bonds. The second kappa shape index (κ2) is 8.79. The maximum absolute atomic E-state index is 12.6. The van der Waals surface area contributed by atoms with Gasteiger partial charge in [0.2, 0.25) is 0 Å². The van der Waals surface area contributed by atoms with Gasteiger partial charge in [-0.1, -0.05) is 26.0 Å². The van der Waals surface area contributed by atoms with E-state index in [2.05, 4.69) is 30.1 Å². The van der Waals surface area contributed by atoms with E-state index in [0.717, 1.165) is 51.5 Å². The van der Waals surface area contributed by atoms with E-state index in [1.54, 1.807) is 0 Å². The molecule has 0 saturated carbocycles. The van der Waals surface area contributed by atoms with Crippen LogP contribution in [0.15, 0.2) is 24.3 Å². The van der Waals surface area contributed by atoms with Gasteiger partial charge in [-0.25, -0.2) is 0 Å². The van der Waals surface area contributed by atoms with Gasteiger partial charge in [0.25, 0.3) is 5.91 Å². The normalized spacial score (nSPS) is 22.9. The largest absolute Gasteiger partial charge is 0.381 e. The Morgan fingerprint density at radius 2 is 2.04 bits per heavy atom. The quantitative estimate of drug-likeness (QED) is 0.859. The minimum atomic E-state index is 0.0136. The fraction of sp³-hybridized carbons (Fsp3) is 0.650. The molecular weight excluding hydrogens is 316 g/mol. The van der Waals surface area contributed by atoms with E-state index in [0.29, 0.717) is 24.4 Å². The third-order valence-corrected chi connectivity index (χ3v) is 5.31. The second-order valence-corrected chi connectivity index (χ2v) is 7.36. The van der Waals surface area contributed by atoms with Gasteiger partial charge < -0.3 is 14.8 Å². The highest BCUT2D eigenvalue weighted by Crippen LogP contribution is 2.25. The van der Waals surface area contributed by atoms with Crippen LogP contribution in [0.5, 0.6) is 0 Å². The lowest BCUT2D eigenvalue weighted by molar-refractivity contribution is 0.00672. The molecule has 2 atom stereocenters. The molecule has 3 rings (SSSR count). The number of ether oxygens (including phenoxy) is 2. The zero-order chi connectivity index (χ0) is 17.6. The maximum Gasteiger partial charge on any atom is 0.251 e. The molecule has 0 radical (unpaired) electrons. The van der Waals surface area contributed by atoms with E-state index in [9.17, 15) is 4.79 Å². The standard InChI is InChI=1S/C20H30N2O3/c1-15(2)19(22-7-10-24-11-8-22)13-21-20(23)17-5-3-4-16(12-17)18-6-9-25-14-18/h3-5,12,15,18-19H,6-11,13-14H2,1-2H3,(H,21,23)/t18-,19-/m0/s1. The molecule has 2 fully saturated rings. The first-order valence-electron chi connectivity index (χ1n) is 9.43. The fourth-order valence-electron chi connectivity index (χ4n) is 3.73. The van der Waals surface area contributed by atoms with Crippen molar-refractivity contribution < 1.29 is 14.3 Å². The molecule has 1 N–H and O–H groups in total. The van der Waals surface area contributed by atoms with Gasteiger partial charge in [-0.3, -0.25) is 9.69 Å². The SMILES string of the molecule is CC(C)[C@H](CNC(=O)c1cccc([C@H]2CCOC2)c1)N1CCOCC1. The van der Waals surface area contributed by atoms with Gasteiger partial charge >= 0.3 is 0 Å². The lowest BCUT2D eigenvalue weighted by Gasteiger charge is -2.36. The fourth-order valence-corrected chi connectivity index (χ4v) is 3.73. The van der Waals surface area contributed by atoms with E-state index < -0.39 is 0 Å². The molecule has 1 aromatic carbocycles. The molecule has 1 aromatic rings. The van der Waals surface area contributed by atoms with Crippen LogP contribution in [0, 0.1) is 5.92 Å². The third-order valence-electron chi connectivity index (χ3n) is 5.31. The molecule has 5 nitrogen and oxygen atoms in total. The minimum absolute atomic E-state index is 0.0136. The predicted octanol–water partition coefficient (Wildman–Crippen LogP) is 2.28. The van der Waals surface area contributed by atoms with Gasteiger partial charge in [0.1, 0.15) is 0 Å². The highest BCUT2D eigenvalue weighted by atomic mass is 16.5. The molecule has 5 heteroatoms. The van der Waals surface area contributed by atoms with Crippen LogP contribution in [-0.2, 0) is 9.47 Å². The van der Waals surface area contributed by atoms with Gasteiger partial charge in [-0.15, -0.1) is 0 Å². The monoisotopic (exact) mass is 346 g/mol. The van der Waals surface area contributed by atoms with Gasteiger partial charge in [-0.05, 0) is 30.0 Å². The lowest BCUT2D eigenvalue weighted by Crippen LogP contribution is -2.51. The Bertz CT molecular complexity index is 564. The average Bonchev–Trinajstić information content (AvgIpc) is 3.17. The summed E-state index contributed by atoms with van der Waals surface area (Å²) in [5.74, 6) is 0.921. The van der Waals surface area contributed by atoms with E-state index in [-0.39, 0.29) is 5.91 Å². The van der Waals surface area contributed by atoms with E-state index in [1.807, 2.05) is 18.2 Å². The van der Waals surface area contributed by atoms with Crippen molar-refractivity contribution in [2.75, 3.05) is 46.1 Å². The van der Waals surface area contributed by atoms with Gasteiger partial charge in [0.15, 0.2) is 0 Å². The van der Waals surface area contributed by atoms with Crippen LogP contribution in [0.25, 0.3) is 0 Å². The summed E-state index contributed by atoms with van der Waals surface area (Å²) in [6, 6.07) is 8.34. The van der Waals surface area contributed by atoms with Crippen molar-refractivity contribution in [2.45, 2.75) is 32.2 Å². The lowest BCUT2D eigenvalue weighted by atomic mass is 9.96. The number of benzene rings is 1. The summed E-state index contributed by atoms with van der Waals surface area (Å²) in [6.45, 7) is 10.1. The average molecular weight is 346 g/mol. The van der Waals surface area contributed by atoms with Crippen molar-refractivity contribution >= 4 is 5.91 Å². The summed E-state index contributed by atoms with van der Waals surface area (Å²) in [5.41, 5.74) is 1.95. The van der Waals surface area contributed by atoms with E-state index in [1.165, 1.54) is 5.56 Å². The summed E-state index contributed by atoms with van der Waals surface area (Å²) in [5, 5.41) is 3.14. The first kappa shape index (κ1) is 18.4. The molecule has 138 valence electrons. The summed E-state index contributed by atoms with van der Waals surface area (Å²) in [4.78, 5) is 15.1. The Balaban J connectivity index is 1.59. The molecule has 2 aliphatic heterocycles. The van der Waals surface area contributed by atoms with Crippen LogP contribution in [0.4, 0.5) is 0 Å². The molecule has 2 heterocycles. The summed E-state index contributed by atoms with van der Waals surface area (Å²) in [6.07, 6.45) is 1.04. The molecule has 2 aliphatic rings. The van der Waals surface area contributed by atoms with Crippen molar-refractivity contribution in [3.63, 3.8) is 0 Å². The zero-order valence-electron chi connectivity index (χ0n) is 15.4. The molecule has 0 bridgehead atoms. The predicted molar refractivity (Wildman–Crippen MR) is 98.0 cm³/mol. The summed E-state index contributed by atoms with van der Waals surface area (Å²) < 4.78 is 10.9. The van der Waals surface area contributed by atoms with Gasteiger partial charge in [0.05, 0.1) is 19.8 Å². The number of carbonyl (C=O) groups is 1. The second-order valence-electron chi connectivity index (χ2n) is 7.36. The highest BCUT2D eigenvalue weighted by Gasteiger charge is 2.24. The highest BCUT2D eigenvalue weighted by molar-refractivity contribution is 5.94. The van der Waals surface area contributed by atoms with Crippen LogP contribution >= 0.6 is 0 Å². The Hall–Kier alpha value is -1.43. The Labute approximate surface area is 150 Å². The van der Waals surface area contributed by atoms with E-state index in [4.69, 9.17) is 9.47 Å². The Kier molecular flexibility index (Phi) is 6.45. The van der Waals surface area contributed by atoms with Crippen LogP contribution in [0.3, 0.4) is 0 Å². The number of amides is 1. The first-order valence-corrected chi connectivity index (χ1v) is 9.43. The number of morpholine rings is 1. The summed E-state index contributed by atoms with van der Waals surface area (Å²) >= 11 is 0. The van der Waals surface area contributed by atoms with Gasteiger partial charge in [-0.2, -0.15) is 0 Å². The van der Waals surface area contributed by atoms with Gasteiger partial charge in [0, 0.05) is 43.8 Å². The topological polar surface area (TPSA) is 50.8 Å². The van der Waals surface area contributed by atoms with E-state index >= 15 is 0 Å². The van der Waals surface area contributed by atoms with Crippen molar-refractivity contribution in [3.05, 3.63) is 35.4 Å². The molecule has 0 aliphatic carbocycles. The number of nitrogens with zero attached hydrogens (tertiary/aromatic N) is 1. The third kappa shape index (κ3) is 4.81. The Morgan fingerprint density at radius 3 is 2.72 bits per heavy atom. The number of rotatable bonds is 6. The molecule has 0 aromatic heterocycles. The van der Waals surface area contributed by atoms with Crippen LogP contribution in [-0.4, -0.2) is 62.9 Å². The summed E-state index contributed by atoms with van der Waals surface area (Å²) in [7, 11) is 0. The van der Waals surface area contributed by atoms with Crippen molar-refractivity contribution in [3.8, 4) is 0 Å². The van der Waals surface area contributed by atoms with Crippen molar-refractivity contribution in [1.29, 1.82) is 0 Å². The Morgan fingerprint density at radius 1 is 1.24 bits per heavy atom. The molecule has 25 heavy (non-hydrogen) atoms. The number of hydrogen-bond acceptors (Lipinski definition) is 4. The first-order chi connectivity index (χ1) is 12.1. The van der Waals surface area contributed by atoms with Crippen LogP contribution < -0.4 is 5.32 Å².